The molecule has 1 unspecified atom stereocenters. The van der Waals surface area contributed by atoms with E-state index in [-0.39, 0.29) is 24.4 Å². The van der Waals surface area contributed by atoms with Gasteiger partial charge in [0, 0.05) is 17.4 Å². The van der Waals surface area contributed by atoms with Gasteiger partial charge in [0.15, 0.2) is 0 Å². The highest BCUT2D eigenvalue weighted by atomic mass is 35.5. The molecule has 1 amide bonds. The van der Waals surface area contributed by atoms with E-state index in [1.165, 1.54) is 24.7 Å². The highest BCUT2D eigenvalue weighted by Gasteiger charge is 2.35. The van der Waals surface area contributed by atoms with E-state index in [2.05, 4.69) is 20.3 Å². The molecule has 3 aromatic rings. The van der Waals surface area contributed by atoms with E-state index in [0.29, 0.717) is 16.4 Å². The van der Waals surface area contributed by atoms with Crippen molar-refractivity contribution in [2.75, 3.05) is 23.5 Å². The van der Waals surface area contributed by atoms with E-state index in [9.17, 15) is 13.6 Å². The third-order valence-corrected chi connectivity index (χ3v) is 4.84. The number of nitrogens with one attached hydrogen (secondary N) is 1. The Balaban J connectivity index is 1.51. The molecule has 1 fully saturated rings. The standard InChI is InChI=1S/C19H17ClF2N6O2/c1-11(15-8-27(10-24-15)16-3-2-12(20)6-14(16)22)25-18-23-5-4-17(26-18)28-13(7-21)9-30-19(28)29/h2-6,8,10-11,13H,7,9H2,1H3,(H,23,25,26)/t11-,13?/m0/s1. The van der Waals surface area contributed by atoms with E-state index >= 15 is 0 Å². The summed E-state index contributed by atoms with van der Waals surface area (Å²) in [6.07, 6.45) is 3.97. The van der Waals surface area contributed by atoms with Crippen LogP contribution in [0.2, 0.25) is 5.02 Å². The van der Waals surface area contributed by atoms with Crippen LogP contribution in [-0.2, 0) is 4.74 Å². The number of cyclic esters (lactones) is 1. The lowest BCUT2D eigenvalue weighted by Crippen LogP contribution is -2.35. The molecular weight excluding hydrogens is 418 g/mol. The van der Waals surface area contributed by atoms with E-state index in [1.54, 1.807) is 22.9 Å². The molecule has 11 heteroatoms. The van der Waals surface area contributed by atoms with Crippen LogP contribution in [0.5, 0.6) is 0 Å². The Morgan fingerprint density at radius 1 is 1.37 bits per heavy atom. The van der Waals surface area contributed by atoms with Crippen molar-refractivity contribution in [3.8, 4) is 5.69 Å². The van der Waals surface area contributed by atoms with E-state index in [4.69, 9.17) is 16.3 Å². The number of amides is 1. The molecular formula is C19H17ClF2N6O2. The average Bonchev–Trinajstić information content (AvgIpc) is 3.35. The second-order valence-electron chi connectivity index (χ2n) is 6.66. The van der Waals surface area contributed by atoms with Gasteiger partial charge in [0.2, 0.25) is 5.95 Å². The summed E-state index contributed by atoms with van der Waals surface area (Å²) in [5, 5.41) is 3.38. The molecule has 1 aliphatic heterocycles. The Bertz CT molecular complexity index is 1080. The largest absolute Gasteiger partial charge is 0.447 e. The van der Waals surface area contributed by atoms with Crippen molar-refractivity contribution in [2.24, 2.45) is 0 Å². The molecule has 0 spiro atoms. The van der Waals surface area contributed by atoms with Gasteiger partial charge in [-0.1, -0.05) is 11.6 Å². The van der Waals surface area contributed by atoms with Gasteiger partial charge in [-0.2, -0.15) is 4.98 Å². The first-order valence-electron chi connectivity index (χ1n) is 9.07. The number of carbonyl (C=O) groups excluding carboxylic acids is 1. The summed E-state index contributed by atoms with van der Waals surface area (Å²) in [6, 6.07) is 4.83. The molecule has 8 nitrogen and oxygen atoms in total. The Kier molecular flexibility index (Phi) is 5.49. The maximum absolute atomic E-state index is 14.1. The van der Waals surface area contributed by atoms with Gasteiger partial charge in [-0.3, -0.25) is 4.90 Å². The maximum Gasteiger partial charge on any atom is 0.416 e. The Morgan fingerprint density at radius 2 is 2.20 bits per heavy atom. The Hall–Kier alpha value is -3.27. The summed E-state index contributed by atoms with van der Waals surface area (Å²) >= 11 is 5.80. The van der Waals surface area contributed by atoms with Crippen molar-refractivity contribution in [1.29, 1.82) is 0 Å². The third-order valence-electron chi connectivity index (χ3n) is 4.61. The summed E-state index contributed by atoms with van der Waals surface area (Å²) in [6.45, 7) is 1.06. The number of aromatic nitrogens is 4. The monoisotopic (exact) mass is 434 g/mol. The number of ether oxygens (including phenoxy) is 1. The molecule has 1 aromatic carbocycles. The van der Waals surface area contributed by atoms with Crippen LogP contribution in [0.1, 0.15) is 18.7 Å². The van der Waals surface area contributed by atoms with Crippen LogP contribution in [-0.4, -0.2) is 44.9 Å². The van der Waals surface area contributed by atoms with E-state index in [1.807, 2.05) is 6.92 Å². The number of hydrogen-bond acceptors (Lipinski definition) is 6. The van der Waals surface area contributed by atoms with Gasteiger partial charge < -0.3 is 14.6 Å². The minimum Gasteiger partial charge on any atom is -0.447 e. The zero-order valence-electron chi connectivity index (χ0n) is 15.8. The third kappa shape index (κ3) is 3.90. The lowest BCUT2D eigenvalue weighted by Gasteiger charge is -2.19. The molecule has 156 valence electrons. The van der Waals surface area contributed by atoms with Crippen molar-refractivity contribution in [3.05, 3.63) is 59.5 Å². The van der Waals surface area contributed by atoms with Crippen LogP contribution in [0.3, 0.4) is 0 Å². The molecule has 2 atom stereocenters. The second-order valence-corrected chi connectivity index (χ2v) is 7.10. The van der Waals surface area contributed by atoms with Crippen molar-refractivity contribution in [2.45, 2.75) is 19.0 Å². The smallest absolute Gasteiger partial charge is 0.416 e. The van der Waals surface area contributed by atoms with Crippen molar-refractivity contribution < 1.29 is 18.3 Å². The second kappa shape index (κ2) is 8.23. The van der Waals surface area contributed by atoms with Gasteiger partial charge in [-0.15, -0.1) is 0 Å². The van der Waals surface area contributed by atoms with E-state index < -0.39 is 24.6 Å². The Morgan fingerprint density at radius 3 is 2.97 bits per heavy atom. The van der Waals surface area contributed by atoms with Crippen LogP contribution >= 0.6 is 11.6 Å². The summed E-state index contributed by atoms with van der Waals surface area (Å²) < 4.78 is 33.7. The molecule has 30 heavy (non-hydrogen) atoms. The summed E-state index contributed by atoms with van der Waals surface area (Å²) in [7, 11) is 0. The quantitative estimate of drug-likeness (QED) is 0.633. The number of alkyl halides is 1. The molecule has 0 bridgehead atoms. The number of rotatable bonds is 6. The average molecular weight is 435 g/mol. The minimum atomic E-state index is -0.742. The fraction of sp³-hybridized carbons (Fsp3) is 0.263. The molecule has 1 N–H and O–H groups in total. The van der Waals surface area contributed by atoms with Gasteiger partial charge in [-0.05, 0) is 31.2 Å². The molecule has 0 saturated carbocycles. The van der Waals surface area contributed by atoms with Gasteiger partial charge in [0.05, 0.1) is 23.8 Å². The molecule has 0 aliphatic carbocycles. The zero-order chi connectivity index (χ0) is 21.3. The first-order chi connectivity index (χ1) is 14.5. The van der Waals surface area contributed by atoms with Crippen molar-refractivity contribution in [1.82, 2.24) is 19.5 Å². The fourth-order valence-corrected chi connectivity index (χ4v) is 3.22. The first kappa shape index (κ1) is 20.0. The first-order valence-corrected chi connectivity index (χ1v) is 9.45. The summed E-state index contributed by atoms with van der Waals surface area (Å²) in [4.78, 5) is 25.8. The number of benzene rings is 1. The van der Waals surface area contributed by atoms with E-state index in [0.717, 1.165) is 4.90 Å². The summed E-state index contributed by atoms with van der Waals surface area (Å²) in [5.74, 6) is -0.00819. The van der Waals surface area contributed by atoms with Crippen molar-refractivity contribution in [3.63, 3.8) is 0 Å². The lowest BCUT2D eigenvalue weighted by atomic mass is 10.2. The molecule has 1 aliphatic rings. The maximum atomic E-state index is 14.1. The summed E-state index contributed by atoms with van der Waals surface area (Å²) in [5.41, 5.74) is 0.925. The van der Waals surface area contributed by atoms with Gasteiger partial charge >= 0.3 is 6.09 Å². The molecule has 1 saturated heterocycles. The number of hydrogen-bond donors (Lipinski definition) is 1. The number of nitrogens with zero attached hydrogens (tertiary/aromatic N) is 5. The fourth-order valence-electron chi connectivity index (χ4n) is 3.06. The van der Waals surface area contributed by atoms with Crippen LogP contribution in [0.25, 0.3) is 5.69 Å². The molecule has 3 heterocycles. The molecule has 4 rings (SSSR count). The topological polar surface area (TPSA) is 85.2 Å². The number of imidazole rings is 1. The molecule has 0 radical (unpaired) electrons. The van der Waals surface area contributed by atoms with Gasteiger partial charge in [0.1, 0.15) is 31.0 Å². The minimum absolute atomic E-state index is 0.0306. The number of halogens is 3. The Labute approximate surface area is 175 Å². The number of carbonyl (C=O) groups is 1. The number of anilines is 2. The van der Waals surface area contributed by atoms with Crippen LogP contribution in [0.15, 0.2) is 43.0 Å². The SMILES string of the molecule is C[C@H](Nc1nccc(N2C(=O)OCC2CF)n1)c1cn(-c2ccc(Cl)cc2F)cn1. The highest BCUT2D eigenvalue weighted by molar-refractivity contribution is 6.30. The highest BCUT2D eigenvalue weighted by Crippen LogP contribution is 2.24. The molecule has 2 aromatic heterocycles. The van der Waals surface area contributed by atoms with Gasteiger partial charge in [0.25, 0.3) is 0 Å². The predicted molar refractivity (Wildman–Crippen MR) is 106 cm³/mol. The zero-order valence-corrected chi connectivity index (χ0v) is 16.6. The van der Waals surface area contributed by atoms with Crippen LogP contribution in [0.4, 0.5) is 25.3 Å². The lowest BCUT2D eigenvalue weighted by molar-refractivity contribution is 0.177. The van der Waals surface area contributed by atoms with Crippen LogP contribution in [0, 0.1) is 5.82 Å². The van der Waals surface area contributed by atoms with Crippen LogP contribution < -0.4 is 10.2 Å². The normalized spacial score (nSPS) is 17.1. The van der Waals surface area contributed by atoms with Crippen molar-refractivity contribution >= 4 is 29.5 Å². The van der Waals surface area contributed by atoms with Gasteiger partial charge in [-0.25, -0.2) is 23.5 Å². The predicted octanol–water partition coefficient (Wildman–Crippen LogP) is 3.92.